The number of aromatic nitrogens is 1. The minimum absolute atomic E-state index is 0.0110. The van der Waals surface area contributed by atoms with Gasteiger partial charge in [-0.25, -0.2) is 4.98 Å². The van der Waals surface area contributed by atoms with E-state index in [0.717, 1.165) is 36.4 Å². The number of nitrogens with two attached hydrogens (primary N) is 1. The number of aryl methyl sites for hydroxylation is 1. The first-order chi connectivity index (χ1) is 9.15. The molecular weight excluding hydrogens is 258 g/mol. The monoisotopic (exact) mass is 281 g/mol. The van der Waals surface area contributed by atoms with E-state index in [0.29, 0.717) is 12.5 Å². The van der Waals surface area contributed by atoms with Crippen molar-refractivity contribution >= 4 is 17.2 Å². The van der Waals surface area contributed by atoms with Crippen molar-refractivity contribution in [3.63, 3.8) is 0 Å². The van der Waals surface area contributed by atoms with Crippen molar-refractivity contribution in [1.82, 2.24) is 10.3 Å². The van der Waals surface area contributed by atoms with E-state index in [4.69, 9.17) is 5.73 Å². The Hall–Kier alpha value is -0.940. The normalized spacial score (nSPS) is 24.4. The molecule has 1 saturated carbocycles. The van der Waals surface area contributed by atoms with Gasteiger partial charge in [0.2, 0.25) is 5.91 Å². The Morgan fingerprint density at radius 2 is 2.42 bits per heavy atom. The maximum Gasteiger partial charge on any atom is 0.223 e. The predicted molar refractivity (Wildman–Crippen MR) is 77.9 cm³/mol. The molecule has 19 heavy (non-hydrogen) atoms. The van der Waals surface area contributed by atoms with E-state index in [1.54, 1.807) is 11.3 Å². The number of hydrogen-bond acceptors (Lipinski definition) is 4. The number of amides is 1. The van der Waals surface area contributed by atoms with Crippen LogP contribution in [-0.2, 0) is 11.2 Å². The third-order valence-electron chi connectivity index (χ3n) is 3.97. The second kappa shape index (κ2) is 6.48. The van der Waals surface area contributed by atoms with Crippen LogP contribution in [0.4, 0.5) is 0 Å². The van der Waals surface area contributed by atoms with Crippen LogP contribution >= 0.6 is 11.3 Å². The predicted octanol–water partition coefficient (Wildman–Crippen LogP) is 2.26. The molecule has 0 bridgehead atoms. The van der Waals surface area contributed by atoms with Gasteiger partial charge in [-0.2, -0.15) is 0 Å². The van der Waals surface area contributed by atoms with Gasteiger partial charge in [-0.3, -0.25) is 4.79 Å². The topological polar surface area (TPSA) is 68.0 Å². The molecular formula is C14H23N3OS. The molecule has 1 heterocycles. The summed E-state index contributed by atoms with van der Waals surface area (Å²) in [5.74, 6) is 0.595. The molecule has 2 rings (SSSR count). The van der Waals surface area contributed by atoms with Crippen LogP contribution in [0.15, 0.2) is 5.38 Å². The van der Waals surface area contributed by atoms with Gasteiger partial charge in [0.25, 0.3) is 0 Å². The third-order valence-corrected chi connectivity index (χ3v) is 4.98. The molecule has 4 nitrogen and oxygen atoms in total. The van der Waals surface area contributed by atoms with Gasteiger partial charge in [0.05, 0.1) is 16.7 Å². The van der Waals surface area contributed by atoms with Crippen LogP contribution < -0.4 is 11.1 Å². The Morgan fingerprint density at radius 3 is 3.05 bits per heavy atom. The summed E-state index contributed by atoms with van der Waals surface area (Å²) in [5, 5.41) is 6.25. The number of thiazole rings is 1. The van der Waals surface area contributed by atoms with Crippen molar-refractivity contribution in [2.75, 3.05) is 6.54 Å². The second-order valence-electron chi connectivity index (χ2n) is 5.28. The molecule has 106 valence electrons. The first-order valence-corrected chi connectivity index (χ1v) is 7.98. The molecule has 0 aliphatic heterocycles. The lowest BCUT2D eigenvalue weighted by molar-refractivity contribution is -0.126. The molecule has 1 unspecified atom stereocenters. The summed E-state index contributed by atoms with van der Waals surface area (Å²) < 4.78 is 0. The van der Waals surface area contributed by atoms with Gasteiger partial charge >= 0.3 is 0 Å². The summed E-state index contributed by atoms with van der Waals surface area (Å²) in [5.41, 5.74) is 6.70. The SMILES string of the molecule is CCc1nc(C(C)NC(=O)[C@@H]2CCC[C@@H]2CN)cs1. The molecule has 1 aromatic rings. The van der Waals surface area contributed by atoms with Crippen LogP contribution in [0.1, 0.15) is 49.9 Å². The summed E-state index contributed by atoms with van der Waals surface area (Å²) in [6.07, 6.45) is 4.12. The number of rotatable bonds is 5. The molecule has 1 aliphatic rings. The fraction of sp³-hybridized carbons (Fsp3) is 0.714. The van der Waals surface area contributed by atoms with Gasteiger partial charge in [-0.05, 0) is 38.6 Å². The highest BCUT2D eigenvalue weighted by atomic mass is 32.1. The maximum absolute atomic E-state index is 12.3. The Balaban J connectivity index is 1.94. The summed E-state index contributed by atoms with van der Waals surface area (Å²) in [7, 11) is 0. The van der Waals surface area contributed by atoms with E-state index in [9.17, 15) is 4.79 Å². The minimum Gasteiger partial charge on any atom is -0.348 e. The largest absolute Gasteiger partial charge is 0.348 e. The van der Waals surface area contributed by atoms with Crippen molar-refractivity contribution in [1.29, 1.82) is 0 Å². The summed E-state index contributed by atoms with van der Waals surface area (Å²) in [4.78, 5) is 16.8. The van der Waals surface area contributed by atoms with Gasteiger partial charge < -0.3 is 11.1 Å². The first kappa shape index (κ1) is 14.5. The molecule has 1 amide bonds. The highest BCUT2D eigenvalue weighted by Crippen LogP contribution is 2.31. The van der Waals surface area contributed by atoms with Crippen LogP contribution in [0.2, 0.25) is 0 Å². The number of nitrogens with one attached hydrogen (secondary N) is 1. The minimum atomic E-state index is -0.0110. The molecule has 5 heteroatoms. The molecule has 0 spiro atoms. The zero-order valence-electron chi connectivity index (χ0n) is 11.7. The zero-order valence-corrected chi connectivity index (χ0v) is 12.5. The van der Waals surface area contributed by atoms with Gasteiger partial charge in [-0.1, -0.05) is 13.3 Å². The molecule has 3 atom stereocenters. The first-order valence-electron chi connectivity index (χ1n) is 7.10. The molecule has 0 saturated heterocycles. The molecule has 0 radical (unpaired) electrons. The highest BCUT2D eigenvalue weighted by Gasteiger charge is 2.32. The maximum atomic E-state index is 12.3. The Labute approximate surface area is 118 Å². The van der Waals surface area contributed by atoms with Crippen LogP contribution in [0.25, 0.3) is 0 Å². The quantitative estimate of drug-likeness (QED) is 0.870. The van der Waals surface area contributed by atoms with Crippen molar-refractivity contribution in [2.45, 2.75) is 45.6 Å². The Kier molecular flexibility index (Phi) is 4.93. The molecule has 0 aromatic carbocycles. The van der Waals surface area contributed by atoms with Gasteiger partial charge in [0.15, 0.2) is 0 Å². The lowest BCUT2D eigenvalue weighted by Gasteiger charge is -2.20. The standard InChI is InChI=1S/C14H23N3OS/c1-3-13-17-12(8-19-13)9(2)16-14(18)11-6-4-5-10(11)7-15/h8-11H,3-7,15H2,1-2H3,(H,16,18)/t9?,10-,11-/m1/s1. The van der Waals surface area contributed by atoms with E-state index >= 15 is 0 Å². The molecule has 1 aromatic heterocycles. The zero-order chi connectivity index (χ0) is 13.8. The number of carbonyl (C=O) groups excluding carboxylic acids is 1. The Bertz CT molecular complexity index is 432. The fourth-order valence-electron chi connectivity index (χ4n) is 2.74. The summed E-state index contributed by atoms with van der Waals surface area (Å²) in [6.45, 7) is 4.71. The number of nitrogens with zero attached hydrogens (tertiary/aromatic N) is 1. The van der Waals surface area contributed by atoms with Crippen molar-refractivity contribution in [3.8, 4) is 0 Å². The molecule has 1 aliphatic carbocycles. The van der Waals surface area contributed by atoms with Crippen LogP contribution in [-0.4, -0.2) is 17.4 Å². The van der Waals surface area contributed by atoms with Crippen molar-refractivity contribution < 1.29 is 4.79 Å². The second-order valence-corrected chi connectivity index (χ2v) is 6.23. The average molecular weight is 281 g/mol. The number of carbonyl (C=O) groups is 1. The van der Waals surface area contributed by atoms with E-state index in [2.05, 4.69) is 17.2 Å². The third kappa shape index (κ3) is 3.34. The fourth-order valence-corrected chi connectivity index (χ4v) is 3.58. The highest BCUT2D eigenvalue weighted by molar-refractivity contribution is 7.09. The number of hydrogen-bond donors (Lipinski definition) is 2. The van der Waals surface area contributed by atoms with E-state index in [1.807, 2.05) is 12.3 Å². The van der Waals surface area contributed by atoms with Crippen LogP contribution in [0, 0.1) is 11.8 Å². The van der Waals surface area contributed by atoms with E-state index < -0.39 is 0 Å². The summed E-state index contributed by atoms with van der Waals surface area (Å²) in [6, 6.07) is -0.0110. The van der Waals surface area contributed by atoms with Gasteiger partial charge in [0, 0.05) is 11.3 Å². The molecule has 1 fully saturated rings. The smallest absolute Gasteiger partial charge is 0.223 e. The van der Waals surface area contributed by atoms with E-state index in [-0.39, 0.29) is 17.9 Å². The van der Waals surface area contributed by atoms with Crippen molar-refractivity contribution in [3.05, 3.63) is 16.1 Å². The lowest BCUT2D eigenvalue weighted by Crippen LogP contribution is -2.36. The van der Waals surface area contributed by atoms with Crippen LogP contribution in [0.5, 0.6) is 0 Å². The average Bonchev–Trinajstić information content (AvgIpc) is 3.07. The Morgan fingerprint density at radius 1 is 1.63 bits per heavy atom. The summed E-state index contributed by atoms with van der Waals surface area (Å²) >= 11 is 1.66. The van der Waals surface area contributed by atoms with Gasteiger partial charge in [-0.15, -0.1) is 11.3 Å². The van der Waals surface area contributed by atoms with E-state index in [1.165, 1.54) is 0 Å². The van der Waals surface area contributed by atoms with Crippen LogP contribution in [0.3, 0.4) is 0 Å². The molecule has 3 N–H and O–H groups in total. The van der Waals surface area contributed by atoms with Gasteiger partial charge in [0.1, 0.15) is 0 Å². The lowest BCUT2D eigenvalue weighted by atomic mass is 9.95. The van der Waals surface area contributed by atoms with Crippen molar-refractivity contribution in [2.24, 2.45) is 17.6 Å².